The highest BCUT2D eigenvalue weighted by molar-refractivity contribution is 6.01. The van der Waals surface area contributed by atoms with Crippen molar-refractivity contribution in [2.75, 3.05) is 5.73 Å². The van der Waals surface area contributed by atoms with Gasteiger partial charge in [-0.3, -0.25) is 5.10 Å². The number of aromatic nitrogens is 2. The van der Waals surface area contributed by atoms with Gasteiger partial charge in [0.2, 0.25) is 0 Å². The van der Waals surface area contributed by atoms with Crippen molar-refractivity contribution in [1.82, 2.24) is 10.2 Å². The highest BCUT2D eigenvalue weighted by atomic mass is 15.1. The van der Waals surface area contributed by atoms with E-state index in [4.69, 9.17) is 5.73 Å². The third kappa shape index (κ3) is 1.26. The molecule has 0 saturated heterocycles. The molecule has 1 heterocycles. The Morgan fingerprint density at radius 1 is 0.938 bits per heavy atom. The van der Waals surface area contributed by atoms with Gasteiger partial charge in [-0.2, -0.15) is 5.10 Å². The van der Waals surface area contributed by atoms with E-state index < -0.39 is 0 Å². The van der Waals surface area contributed by atoms with Crippen LogP contribution < -0.4 is 5.73 Å². The summed E-state index contributed by atoms with van der Waals surface area (Å²) in [4.78, 5) is 0. The fraction of sp³-hybridized carbons (Fsp3) is 0. The van der Waals surface area contributed by atoms with Gasteiger partial charge in [-0.15, -0.1) is 0 Å². The molecule has 0 atom stereocenters. The molecule has 3 N–H and O–H groups in total. The van der Waals surface area contributed by atoms with Crippen LogP contribution in [0.15, 0.2) is 48.5 Å². The second-order valence-corrected chi connectivity index (χ2v) is 3.70. The number of nitrogens with one attached hydrogen (secondary N) is 1. The van der Waals surface area contributed by atoms with Crippen LogP contribution >= 0.6 is 0 Å². The van der Waals surface area contributed by atoms with Crippen molar-refractivity contribution < 1.29 is 0 Å². The highest BCUT2D eigenvalue weighted by Crippen LogP contribution is 2.30. The van der Waals surface area contributed by atoms with Gasteiger partial charge in [-0.25, -0.2) is 0 Å². The Labute approximate surface area is 92.9 Å². The molecule has 1 aromatic heterocycles. The summed E-state index contributed by atoms with van der Waals surface area (Å²) < 4.78 is 0. The van der Waals surface area contributed by atoms with Gasteiger partial charge in [-0.05, 0) is 17.2 Å². The van der Waals surface area contributed by atoms with Crippen molar-refractivity contribution >= 4 is 16.7 Å². The van der Waals surface area contributed by atoms with E-state index in [-0.39, 0.29) is 0 Å². The number of rotatable bonds is 1. The van der Waals surface area contributed by atoms with Gasteiger partial charge in [-0.1, -0.05) is 42.5 Å². The molecule has 0 unspecified atom stereocenters. The monoisotopic (exact) mass is 209 g/mol. The average Bonchev–Trinajstić information content (AvgIpc) is 2.73. The second kappa shape index (κ2) is 3.38. The summed E-state index contributed by atoms with van der Waals surface area (Å²) in [7, 11) is 0. The zero-order chi connectivity index (χ0) is 11.0. The van der Waals surface area contributed by atoms with Crippen LogP contribution in [0, 0.1) is 0 Å². The number of H-pyrrole nitrogens is 1. The summed E-state index contributed by atoms with van der Waals surface area (Å²) in [6, 6.07) is 16.2. The predicted octanol–water partition coefficient (Wildman–Crippen LogP) is 2.81. The van der Waals surface area contributed by atoms with Crippen LogP contribution in [0.25, 0.3) is 22.0 Å². The van der Waals surface area contributed by atoms with Gasteiger partial charge in [0, 0.05) is 0 Å². The standard InChI is InChI=1S/C13H11N3/c14-13-12-10(9-5-2-1-3-6-9)7-4-8-11(12)15-16-13/h1-8H,(H3,14,15,16). The zero-order valence-corrected chi connectivity index (χ0v) is 8.64. The number of nitrogens with two attached hydrogens (primary N) is 1. The molecule has 2 aromatic carbocycles. The highest BCUT2D eigenvalue weighted by Gasteiger charge is 2.08. The Morgan fingerprint density at radius 3 is 2.56 bits per heavy atom. The van der Waals surface area contributed by atoms with Crippen LogP contribution in [-0.2, 0) is 0 Å². The Balaban J connectivity index is 2.36. The lowest BCUT2D eigenvalue weighted by Crippen LogP contribution is -1.86. The minimum Gasteiger partial charge on any atom is -0.382 e. The molecule has 0 radical (unpaired) electrons. The summed E-state index contributed by atoms with van der Waals surface area (Å²) in [5.74, 6) is 0.550. The van der Waals surface area contributed by atoms with E-state index in [1.54, 1.807) is 0 Å². The van der Waals surface area contributed by atoms with E-state index in [2.05, 4.69) is 28.4 Å². The first-order chi connectivity index (χ1) is 7.86. The van der Waals surface area contributed by atoms with E-state index in [1.807, 2.05) is 30.3 Å². The van der Waals surface area contributed by atoms with Crippen LogP contribution in [0.3, 0.4) is 0 Å². The summed E-state index contributed by atoms with van der Waals surface area (Å²) >= 11 is 0. The van der Waals surface area contributed by atoms with Gasteiger partial charge in [0.15, 0.2) is 5.82 Å². The summed E-state index contributed by atoms with van der Waals surface area (Å²) in [5, 5.41) is 7.95. The molecule has 0 aliphatic rings. The first kappa shape index (κ1) is 8.97. The third-order valence-electron chi connectivity index (χ3n) is 2.70. The molecule has 78 valence electrons. The van der Waals surface area contributed by atoms with E-state index >= 15 is 0 Å². The van der Waals surface area contributed by atoms with E-state index in [1.165, 1.54) is 0 Å². The van der Waals surface area contributed by atoms with E-state index in [9.17, 15) is 0 Å². The van der Waals surface area contributed by atoms with Crippen LogP contribution in [0.5, 0.6) is 0 Å². The summed E-state index contributed by atoms with van der Waals surface area (Å²) in [6.07, 6.45) is 0. The van der Waals surface area contributed by atoms with Crippen LogP contribution in [-0.4, -0.2) is 10.2 Å². The number of anilines is 1. The Kier molecular flexibility index (Phi) is 1.90. The van der Waals surface area contributed by atoms with Crippen LogP contribution in [0.2, 0.25) is 0 Å². The average molecular weight is 209 g/mol. The lowest BCUT2D eigenvalue weighted by Gasteiger charge is -2.03. The van der Waals surface area contributed by atoms with Crippen molar-refractivity contribution in [3.05, 3.63) is 48.5 Å². The fourth-order valence-corrected chi connectivity index (χ4v) is 1.96. The number of hydrogen-bond donors (Lipinski definition) is 2. The topological polar surface area (TPSA) is 54.7 Å². The largest absolute Gasteiger partial charge is 0.382 e. The van der Waals surface area contributed by atoms with Crippen LogP contribution in [0.1, 0.15) is 0 Å². The molecular formula is C13H11N3. The normalized spacial score (nSPS) is 10.8. The van der Waals surface area contributed by atoms with Crippen molar-refractivity contribution in [1.29, 1.82) is 0 Å². The summed E-state index contributed by atoms with van der Waals surface area (Å²) in [6.45, 7) is 0. The Hall–Kier alpha value is -2.29. The molecule has 0 spiro atoms. The first-order valence-electron chi connectivity index (χ1n) is 5.14. The molecule has 0 aliphatic heterocycles. The first-order valence-corrected chi connectivity index (χ1v) is 5.14. The molecule has 3 aromatic rings. The van der Waals surface area contributed by atoms with Crippen molar-refractivity contribution in [3.63, 3.8) is 0 Å². The van der Waals surface area contributed by atoms with E-state index in [0.29, 0.717) is 5.82 Å². The molecule has 0 bridgehead atoms. The Bertz CT molecular complexity index is 626. The lowest BCUT2D eigenvalue weighted by molar-refractivity contribution is 1.13. The maximum atomic E-state index is 5.87. The number of aromatic amines is 1. The molecule has 0 amide bonds. The predicted molar refractivity (Wildman–Crippen MR) is 65.9 cm³/mol. The molecule has 0 fully saturated rings. The fourth-order valence-electron chi connectivity index (χ4n) is 1.96. The van der Waals surface area contributed by atoms with Gasteiger partial charge in [0.1, 0.15) is 0 Å². The van der Waals surface area contributed by atoms with Crippen molar-refractivity contribution in [2.45, 2.75) is 0 Å². The molecule has 0 aliphatic carbocycles. The molecule has 0 saturated carbocycles. The van der Waals surface area contributed by atoms with Crippen LogP contribution in [0.4, 0.5) is 5.82 Å². The number of hydrogen-bond acceptors (Lipinski definition) is 2. The number of nitrogen functional groups attached to an aromatic ring is 1. The number of nitrogens with zero attached hydrogens (tertiary/aromatic N) is 1. The third-order valence-corrected chi connectivity index (χ3v) is 2.70. The quantitative estimate of drug-likeness (QED) is 0.647. The van der Waals surface area contributed by atoms with Gasteiger partial charge < -0.3 is 5.73 Å². The second-order valence-electron chi connectivity index (χ2n) is 3.70. The Morgan fingerprint density at radius 2 is 1.75 bits per heavy atom. The molecule has 3 heteroatoms. The van der Waals surface area contributed by atoms with Crippen molar-refractivity contribution in [2.24, 2.45) is 0 Å². The minimum absolute atomic E-state index is 0.550. The van der Waals surface area contributed by atoms with Crippen molar-refractivity contribution in [3.8, 4) is 11.1 Å². The minimum atomic E-state index is 0.550. The SMILES string of the molecule is Nc1n[nH]c2cccc(-c3ccccc3)c12. The number of benzene rings is 2. The molecular weight excluding hydrogens is 198 g/mol. The lowest BCUT2D eigenvalue weighted by atomic mass is 10.0. The molecule has 3 rings (SSSR count). The maximum absolute atomic E-state index is 5.87. The zero-order valence-electron chi connectivity index (χ0n) is 8.64. The maximum Gasteiger partial charge on any atom is 0.153 e. The molecule has 3 nitrogen and oxygen atoms in total. The van der Waals surface area contributed by atoms with Gasteiger partial charge in [0.05, 0.1) is 10.9 Å². The van der Waals surface area contributed by atoms with E-state index in [0.717, 1.165) is 22.0 Å². The summed E-state index contributed by atoms with van der Waals surface area (Å²) in [5.41, 5.74) is 9.11. The van der Waals surface area contributed by atoms with Gasteiger partial charge >= 0.3 is 0 Å². The smallest absolute Gasteiger partial charge is 0.153 e. The molecule has 16 heavy (non-hydrogen) atoms. The number of fused-ring (bicyclic) bond motifs is 1. The van der Waals surface area contributed by atoms with Gasteiger partial charge in [0.25, 0.3) is 0 Å².